The topological polar surface area (TPSA) is 91.9 Å². The van der Waals surface area contributed by atoms with Crippen molar-refractivity contribution in [2.75, 3.05) is 39.8 Å². The van der Waals surface area contributed by atoms with Crippen molar-refractivity contribution in [3.8, 4) is 0 Å². The molecule has 31 heavy (non-hydrogen) atoms. The Balaban J connectivity index is 1.58. The molecule has 3 heterocycles. The highest BCUT2D eigenvalue weighted by molar-refractivity contribution is 6.01. The van der Waals surface area contributed by atoms with E-state index in [4.69, 9.17) is 9.47 Å². The van der Waals surface area contributed by atoms with E-state index in [0.29, 0.717) is 41.5 Å². The highest BCUT2D eigenvalue weighted by Crippen LogP contribution is 2.24. The molecule has 0 aliphatic carbocycles. The van der Waals surface area contributed by atoms with Crippen LogP contribution in [0.4, 0.5) is 0 Å². The third-order valence-corrected chi connectivity index (χ3v) is 6.38. The van der Waals surface area contributed by atoms with E-state index < -0.39 is 5.97 Å². The quantitative estimate of drug-likeness (QED) is 0.546. The van der Waals surface area contributed by atoms with E-state index >= 15 is 0 Å². The number of carbonyl (C=O) groups excluding carboxylic acids is 3. The molecule has 2 unspecified atom stereocenters. The van der Waals surface area contributed by atoms with Gasteiger partial charge >= 0.3 is 5.97 Å². The standard InChI is InChI=1S/C23H35N3O5/c1-14-11-25(12-15(2)31-14)13-18-6-8-26(9-7-18)20(28)10-19-21(23(29)30-5)16(3)22(24-19)17(4)27/h14-15,18,24H,6-13H2,1-5H3. The molecule has 8 nitrogen and oxygen atoms in total. The molecule has 8 heteroatoms. The molecular formula is C23H35N3O5. The van der Waals surface area contributed by atoms with Crippen LogP contribution in [0.1, 0.15) is 65.7 Å². The molecule has 2 atom stereocenters. The number of hydrogen-bond acceptors (Lipinski definition) is 6. The molecule has 2 aliphatic heterocycles. The Morgan fingerprint density at radius 3 is 2.29 bits per heavy atom. The Labute approximate surface area is 184 Å². The summed E-state index contributed by atoms with van der Waals surface area (Å²) >= 11 is 0. The van der Waals surface area contributed by atoms with Crippen LogP contribution in [0.2, 0.25) is 0 Å². The first-order chi connectivity index (χ1) is 14.7. The molecule has 0 aromatic carbocycles. The minimum atomic E-state index is -0.531. The maximum Gasteiger partial charge on any atom is 0.339 e. The molecule has 172 valence electrons. The summed E-state index contributed by atoms with van der Waals surface area (Å²) in [7, 11) is 1.30. The number of methoxy groups -OCH3 is 1. The lowest BCUT2D eigenvalue weighted by atomic mass is 9.95. The van der Waals surface area contributed by atoms with Gasteiger partial charge in [0.15, 0.2) is 5.78 Å². The van der Waals surface area contributed by atoms with Gasteiger partial charge in [-0.05, 0) is 45.1 Å². The first-order valence-corrected chi connectivity index (χ1v) is 11.2. The maximum atomic E-state index is 12.9. The minimum Gasteiger partial charge on any atom is -0.465 e. The molecule has 1 amide bonds. The van der Waals surface area contributed by atoms with E-state index in [1.807, 2.05) is 4.90 Å². The van der Waals surface area contributed by atoms with Crippen molar-refractivity contribution in [2.24, 2.45) is 5.92 Å². The molecule has 2 saturated heterocycles. The molecule has 1 N–H and O–H groups in total. The van der Waals surface area contributed by atoms with E-state index in [2.05, 4.69) is 23.7 Å². The smallest absolute Gasteiger partial charge is 0.339 e. The third kappa shape index (κ3) is 5.54. The molecule has 2 fully saturated rings. The molecule has 2 aliphatic rings. The second-order valence-electron chi connectivity index (χ2n) is 9.00. The van der Waals surface area contributed by atoms with E-state index in [1.165, 1.54) is 14.0 Å². The zero-order valence-corrected chi connectivity index (χ0v) is 19.3. The van der Waals surface area contributed by atoms with Crippen LogP contribution < -0.4 is 0 Å². The van der Waals surface area contributed by atoms with E-state index in [-0.39, 0.29) is 30.3 Å². The zero-order chi connectivity index (χ0) is 22.7. The van der Waals surface area contributed by atoms with E-state index in [0.717, 1.165) is 32.5 Å². The zero-order valence-electron chi connectivity index (χ0n) is 19.3. The van der Waals surface area contributed by atoms with E-state index in [1.54, 1.807) is 6.92 Å². The van der Waals surface area contributed by atoms with Gasteiger partial charge in [-0.25, -0.2) is 4.79 Å². The SMILES string of the molecule is COC(=O)c1c(CC(=O)N2CCC(CN3CC(C)OC(C)C3)CC2)[nH]c(C(C)=O)c1C. The number of likely N-dealkylation sites (tertiary alicyclic amines) is 1. The van der Waals surface area contributed by atoms with Gasteiger partial charge in [0.05, 0.1) is 37.0 Å². The lowest BCUT2D eigenvalue weighted by Gasteiger charge is -2.39. The number of ether oxygens (including phenoxy) is 2. The molecule has 0 saturated carbocycles. The molecular weight excluding hydrogens is 398 g/mol. The van der Waals surface area contributed by atoms with Crippen molar-refractivity contribution in [3.63, 3.8) is 0 Å². The molecule has 0 spiro atoms. The summed E-state index contributed by atoms with van der Waals surface area (Å²) < 4.78 is 10.7. The number of rotatable bonds is 6. The van der Waals surface area contributed by atoms with Crippen molar-refractivity contribution in [2.45, 2.75) is 59.2 Å². The van der Waals surface area contributed by atoms with Gasteiger partial charge in [-0.3, -0.25) is 14.5 Å². The number of hydrogen-bond donors (Lipinski definition) is 1. The average molecular weight is 434 g/mol. The number of ketones is 1. The Morgan fingerprint density at radius 2 is 1.74 bits per heavy atom. The first kappa shape index (κ1) is 23.5. The van der Waals surface area contributed by atoms with Crippen molar-refractivity contribution in [1.82, 2.24) is 14.8 Å². The summed E-state index contributed by atoms with van der Waals surface area (Å²) in [5, 5.41) is 0. The molecule has 1 aromatic heterocycles. The summed E-state index contributed by atoms with van der Waals surface area (Å²) in [5.41, 5.74) is 1.65. The van der Waals surface area contributed by atoms with Crippen LogP contribution in [-0.2, 0) is 20.7 Å². The number of aromatic amines is 1. The largest absolute Gasteiger partial charge is 0.465 e. The lowest BCUT2D eigenvalue weighted by Crippen LogP contribution is -2.48. The number of Topliss-reactive ketones (excluding diaryl/α,β-unsaturated/α-hetero) is 1. The van der Waals surface area contributed by atoms with Crippen LogP contribution >= 0.6 is 0 Å². The number of esters is 1. The number of carbonyl (C=O) groups is 3. The Hall–Kier alpha value is -2.19. The van der Waals surface area contributed by atoms with Gasteiger partial charge in [0.2, 0.25) is 5.91 Å². The third-order valence-electron chi connectivity index (χ3n) is 6.38. The van der Waals surface area contributed by atoms with Gasteiger partial charge in [0.1, 0.15) is 0 Å². The fourth-order valence-corrected chi connectivity index (χ4v) is 4.95. The highest BCUT2D eigenvalue weighted by atomic mass is 16.5. The molecule has 3 rings (SSSR count). The fourth-order valence-electron chi connectivity index (χ4n) is 4.95. The highest BCUT2D eigenvalue weighted by Gasteiger charge is 2.30. The second kappa shape index (κ2) is 9.96. The van der Waals surface area contributed by atoms with Crippen LogP contribution in [0.3, 0.4) is 0 Å². The normalized spacial score (nSPS) is 23.1. The number of nitrogens with zero attached hydrogens (tertiary/aromatic N) is 2. The second-order valence-corrected chi connectivity index (χ2v) is 9.00. The summed E-state index contributed by atoms with van der Waals surface area (Å²) in [6.45, 7) is 11.8. The van der Waals surface area contributed by atoms with Crippen LogP contribution in [-0.4, -0.2) is 84.5 Å². The maximum absolute atomic E-state index is 12.9. The number of piperidine rings is 1. The number of H-pyrrole nitrogens is 1. The fraction of sp³-hybridized carbons (Fsp3) is 0.696. The van der Waals surface area contributed by atoms with Gasteiger partial charge in [-0.1, -0.05) is 0 Å². The van der Waals surface area contributed by atoms with Crippen LogP contribution in [0.25, 0.3) is 0 Å². The van der Waals surface area contributed by atoms with Gasteiger partial charge in [0, 0.05) is 45.3 Å². The van der Waals surface area contributed by atoms with Gasteiger partial charge in [-0.15, -0.1) is 0 Å². The van der Waals surface area contributed by atoms with Crippen molar-refractivity contribution >= 4 is 17.7 Å². The first-order valence-electron chi connectivity index (χ1n) is 11.2. The van der Waals surface area contributed by atoms with E-state index in [9.17, 15) is 14.4 Å². The van der Waals surface area contributed by atoms with Crippen molar-refractivity contribution in [1.29, 1.82) is 0 Å². The average Bonchev–Trinajstić information content (AvgIpc) is 3.03. The van der Waals surface area contributed by atoms with Gasteiger partial charge < -0.3 is 19.4 Å². The van der Waals surface area contributed by atoms with Crippen molar-refractivity contribution < 1.29 is 23.9 Å². The number of nitrogens with one attached hydrogen (secondary N) is 1. The van der Waals surface area contributed by atoms with Crippen molar-refractivity contribution in [3.05, 3.63) is 22.5 Å². The van der Waals surface area contributed by atoms with Crippen LogP contribution in [0.15, 0.2) is 0 Å². The Kier molecular flexibility index (Phi) is 7.54. The Morgan fingerprint density at radius 1 is 1.13 bits per heavy atom. The number of amides is 1. The molecule has 0 bridgehead atoms. The monoisotopic (exact) mass is 433 g/mol. The Bertz CT molecular complexity index is 815. The summed E-state index contributed by atoms with van der Waals surface area (Å²) in [4.78, 5) is 44.4. The van der Waals surface area contributed by atoms with Crippen LogP contribution in [0, 0.1) is 12.8 Å². The minimum absolute atomic E-state index is 0.0337. The predicted molar refractivity (Wildman–Crippen MR) is 116 cm³/mol. The predicted octanol–water partition coefficient (Wildman–Crippen LogP) is 2.20. The lowest BCUT2D eigenvalue weighted by molar-refractivity contribution is -0.132. The van der Waals surface area contributed by atoms with Gasteiger partial charge in [-0.2, -0.15) is 0 Å². The number of aromatic nitrogens is 1. The summed E-state index contributed by atoms with van der Waals surface area (Å²) in [6, 6.07) is 0. The molecule has 1 aromatic rings. The van der Waals surface area contributed by atoms with Crippen LogP contribution in [0.5, 0.6) is 0 Å². The summed E-state index contributed by atoms with van der Waals surface area (Å²) in [5.74, 6) is -0.163. The van der Waals surface area contributed by atoms with Gasteiger partial charge in [0.25, 0.3) is 0 Å². The number of morpholine rings is 1. The molecule has 0 radical (unpaired) electrons. The summed E-state index contributed by atoms with van der Waals surface area (Å²) in [6.07, 6.45) is 2.52.